The van der Waals surface area contributed by atoms with E-state index < -0.39 is 0 Å². The van der Waals surface area contributed by atoms with Crippen LogP contribution in [-0.2, 0) is 0 Å². The van der Waals surface area contributed by atoms with E-state index in [1.165, 1.54) is 71.2 Å². The second kappa shape index (κ2) is 5.89. The van der Waals surface area contributed by atoms with Gasteiger partial charge in [0.2, 0.25) is 0 Å². The molecule has 3 heteroatoms. The average molecular weight is 251 g/mol. The van der Waals surface area contributed by atoms with Gasteiger partial charge < -0.3 is 15.1 Å². The Hall–Kier alpha value is -0.120. The molecule has 0 bridgehead atoms. The summed E-state index contributed by atoms with van der Waals surface area (Å²) in [5, 5.41) is 3.82. The molecule has 1 saturated carbocycles. The number of hydrogen-bond acceptors (Lipinski definition) is 3. The van der Waals surface area contributed by atoms with Crippen LogP contribution < -0.4 is 5.32 Å². The second-order valence-corrected chi connectivity index (χ2v) is 6.79. The Morgan fingerprint density at radius 1 is 0.944 bits per heavy atom. The van der Waals surface area contributed by atoms with Gasteiger partial charge in [-0.25, -0.2) is 0 Å². The molecule has 18 heavy (non-hydrogen) atoms. The lowest BCUT2D eigenvalue weighted by molar-refractivity contribution is 0.129. The van der Waals surface area contributed by atoms with E-state index in [9.17, 15) is 0 Å². The van der Waals surface area contributed by atoms with Crippen molar-refractivity contribution in [1.82, 2.24) is 15.1 Å². The van der Waals surface area contributed by atoms with E-state index in [1.54, 1.807) is 0 Å². The van der Waals surface area contributed by atoms with Crippen LogP contribution >= 0.6 is 0 Å². The number of rotatable bonds is 4. The molecular weight excluding hydrogens is 222 g/mol. The third kappa shape index (κ3) is 3.69. The molecular formula is C15H29N3. The van der Waals surface area contributed by atoms with Crippen molar-refractivity contribution in [3.63, 3.8) is 0 Å². The number of nitrogens with one attached hydrogen (secondary N) is 1. The first-order chi connectivity index (χ1) is 8.79. The minimum atomic E-state index is 0.789. The highest BCUT2D eigenvalue weighted by molar-refractivity contribution is 4.88. The van der Waals surface area contributed by atoms with Gasteiger partial charge in [0, 0.05) is 25.2 Å². The summed E-state index contributed by atoms with van der Waals surface area (Å²) in [4.78, 5) is 5.21. The fraction of sp³-hybridized carbons (Fsp3) is 1.00. The van der Waals surface area contributed by atoms with Gasteiger partial charge in [0.05, 0.1) is 0 Å². The largest absolute Gasteiger partial charge is 0.310 e. The molecule has 1 unspecified atom stereocenters. The van der Waals surface area contributed by atoms with Crippen LogP contribution in [0.4, 0.5) is 0 Å². The van der Waals surface area contributed by atoms with Crippen LogP contribution in [0, 0.1) is 5.92 Å². The summed E-state index contributed by atoms with van der Waals surface area (Å²) in [5.74, 6) is 0.959. The molecule has 3 rings (SSSR count). The van der Waals surface area contributed by atoms with Gasteiger partial charge in [0.15, 0.2) is 0 Å². The molecule has 1 N–H and O–H groups in total. The van der Waals surface area contributed by atoms with Gasteiger partial charge in [-0.15, -0.1) is 0 Å². The summed E-state index contributed by atoms with van der Waals surface area (Å²) in [6, 6.07) is 1.66. The van der Waals surface area contributed by atoms with E-state index >= 15 is 0 Å². The predicted molar refractivity (Wildman–Crippen MR) is 75.8 cm³/mol. The smallest absolute Gasteiger partial charge is 0.0198 e. The highest BCUT2D eigenvalue weighted by Gasteiger charge is 2.28. The Labute approximate surface area is 112 Å². The number of piperidine rings is 2. The fourth-order valence-electron chi connectivity index (χ4n) is 3.55. The van der Waals surface area contributed by atoms with Crippen LogP contribution in [0.25, 0.3) is 0 Å². The summed E-state index contributed by atoms with van der Waals surface area (Å²) in [6.07, 6.45) is 8.47. The van der Waals surface area contributed by atoms with E-state index in [4.69, 9.17) is 0 Å². The Kier molecular flexibility index (Phi) is 4.22. The summed E-state index contributed by atoms with van der Waals surface area (Å²) in [7, 11) is 2.26. The Morgan fingerprint density at radius 3 is 2.44 bits per heavy atom. The molecule has 0 radical (unpaired) electrons. The lowest BCUT2D eigenvalue weighted by Crippen LogP contribution is -2.48. The zero-order valence-electron chi connectivity index (χ0n) is 11.9. The molecule has 2 heterocycles. The van der Waals surface area contributed by atoms with Crippen molar-refractivity contribution >= 4 is 0 Å². The minimum Gasteiger partial charge on any atom is -0.310 e. The molecule has 0 spiro atoms. The SMILES string of the molecule is CN1CCC(CN2CCCC(NC3CC3)C2)CC1. The first-order valence-corrected chi connectivity index (χ1v) is 7.96. The summed E-state index contributed by atoms with van der Waals surface area (Å²) in [6.45, 7) is 6.62. The maximum atomic E-state index is 3.82. The third-order valence-electron chi connectivity index (χ3n) is 4.91. The quantitative estimate of drug-likeness (QED) is 0.818. The van der Waals surface area contributed by atoms with E-state index in [2.05, 4.69) is 22.2 Å². The monoisotopic (exact) mass is 251 g/mol. The van der Waals surface area contributed by atoms with Gasteiger partial charge in [-0.05, 0) is 71.1 Å². The molecule has 2 aliphatic heterocycles. The molecule has 104 valence electrons. The standard InChI is InChI=1S/C15H29N3/c1-17-9-6-13(7-10-17)11-18-8-2-3-15(12-18)16-14-4-5-14/h13-16H,2-12H2,1H3. The second-order valence-electron chi connectivity index (χ2n) is 6.79. The van der Waals surface area contributed by atoms with Gasteiger partial charge in [-0.1, -0.05) is 0 Å². The molecule has 0 amide bonds. The van der Waals surface area contributed by atoms with Crippen LogP contribution in [-0.4, -0.2) is 61.7 Å². The Bertz CT molecular complexity index is 256. The topological polar surface area (TPSA) is 18.5 Å². The Morgan fingerprint density at radius 2 is 1.72 bits per heavy atom. The van der Waals surface area contributed by atoms with E-state index in [-0.39, 0.29) is 0 Å². The van der Waals surface area contributed by atoms with E-state index in [0.717, 1.165) is 18.0 Å². The van der Waals surface area contributed by atoms with Crippen molar-refractivity contribution in [2.24, 2.45) is 5.92 Å². The fourth-order valence-corrected chi connectivity index (χ4v) is 3.55. The molecule has 0 aromatic rings. The molecule has 1 aliphatic carbocycles. The molecule has 3 aliphatic rings. The van der Waals surface area contributed by atoms with Gasteiger partial charge in [-0.3, -0.25) is 0 Å². The maximum absolute atomic E-state index is 3.82. The first kappa shape index (κ1) is 12.9. The molecule has 3 fully saturated rings. The number of hydrogen-bond donors (Lipinski definition) is 1. The van der Waals surface area contributed by atoms with Crippen LogP contribution in [0.1, 0.15) is 38.5 Å². The van der Waals surface area contributed by atoms with Gasteiger partial charge >= 0.3 is 0 Å². The zero-order chi connectivity index (χ0) is 12.4. The van der Waals surface area contributed by atoms with E-state index in [1.807, 2.05) is 0 Å². The molecule has 0 aromatic heterocycles. The van der Waals surface area contributed by atoms with Crippen LogP contribution in [0.3, 0.4) is 0 Å². The van der Waals surface area contributed by atoms with E-state index in [0.29, 0.717) is 0 Å². The normalized spacial score (nSPS) is 32.8. The van der Waals surface area contributed by atoms with Crippen LogP contribution in [0.15, 0.2) is 0 Å². The van der Waals surface area contributed by atoms with Crippen molar-refractivity contribution in [3.8, 4) is 0 Å². The van der Waals surface area contributed by atoms with Crippen molar-refractivity contribution in [2.45, 2.75) is 50.6 Å². The average Bonchev–Trinajstić information content (AvgIpc) is 3.17. The van der Waals surface area contributed by atoms with Crippen molar-refractivity contribution in [3.05, 3.63) is 0 Å². The highest BCUT2D eigenvalue weighted by atomic mass is 15.2. The number of likely N-dealkylation sites (tertiary alicyclic amines) is 2. The van der Waals surface area contributed by atoms with Gasteiger partial charge in [0.25, 0.3) is 0 Å². The molecule has 0 aromatic carbocycles. The number of nitrogens with zero attached hydrogens (tertiary/aromatic N) is 2. The van der Waals surface area contributed by atoms with Crippen molar-refractivity contribution < 1.29 is 0 Å². The minimum absolute atomic E-state index is 0.789. The maximum Gasteiger partial charge on any atom is 0.0198 e. The predicted octanol–water partition coefficient (Wildman–Crippen LogP) is 1.54. The Balaban J connectivity index is 1.41. The van der Waals surface area contributed by atoms with Crippen molar-refractivity contribution in [1.29, 1.82) is 0 Å². The molecule has 3 nitrogen and oxygen atoms in total. The lowest BCUT2D eigenvalue weighted by Gasteiger charge is -2.37. The van der Waals surface area contributed by atoms with Crippen LogP contribution in [0.2, 0.25) is 0 Å². The highest BCUT2D eigenvalue weighted by Crippen LogP contribution is 2.23. The third-order valence-corrected chi connectivity index (χ3v) is 4.91. The zero-order valence-corrected chi connectivity index (χ0v) is 11.9. The molecule has 1 atom stereocenters. The summed E-state index contributed by atoms with van der Waals surface area (Å²) < 4.78 is 0. The first-order valence-electron chi connectivity index (χ1n) is 7.96. The van der Waals surface area contributed by atoms with Gasteiger partial charge in [-0.2, -0.15) is 0 Å². The summed E-state index contributed by atoms with van der Waals surface area (Å²) in [5.41, 5.74) is 0. The summed E-state index contributed by atoms with van der Waals surface area (Å²) >= 11 is 0. The van der Waals surface area contributed by atoms with Gasteiger partial charge in [0.1, 0.15) is 0 Å². The lowest BCUT2D eigenvalue weighted by atomic mass is 9.95. The van der Waals surface area contributed by atoms with Crippen LogP contribution in [0.5, 0.6) is 0 Å². The molecule has 2 saturated heterocycles. The van der Waals surface area contributed by atoms with Crippen molar-refractivity contribution in [2.75, 3.05) is 39.8 Å².